The second-order valence-corrected chi connectivity index (χ2v) is 14.4. The van der Waals surface area contributed by atoms with Gasteiger partial charge in [0.2, 0.25) is 11.8 Å². The molecule has 4 heterocycles. The van der Waals surface area contributed by atoms with Gasteiger partial charge < -0.3 is 49.7 Å². The summed E-state index contributed by atoms with van der Waals surface area (Å²) in [7, 11) is 4.20. The van der Waals surface area contributed by atoms with E-state index in [1.807, 2.05) is 12.4 Å². The molecule has 2 unspecified atom stereocenters. The van der Waals surface area contributed by atoms with Crippen molar-refractivity contribution in [3.63, 3.8) is 0 Å². The zero-order valence-electron chi connectivity index (χ0n) is 30.8. The molecule has 53 heavy (non-hydrogen) atoms. The van der Waals surface area contributed by atoms with Crippen molar-refractivity contribution in [3.05, 3.63) is 47.6 Å². The Morgan fingerprint density at radius 3 is 1.64 bits per heavy atom. The van der Waals surface area contributed by atoms with Gasteiger partial charge in [-0.05, 0) is 87.2 Å². The van der Waals surface area contributed by atoms with Gasteiger partial charge in [-0.1, -0.05) is 12.2 Å². The van der Waals surface area contributed by atoms with E-state index in [0.717, 1.165) is 87.2 Å². The number of nitrogens with one attached hydrogen (secondary N) is 4. The maximum atomic E-state index is 13.4. The van der Waals surface area contributed by atoms with Gasteiger partial charge in [-0.3, -0.25) is 9.59 Å². The average Bonchev–Trinajstić information content (AvgIpc) is 4.00. The fourth-order valence-corrected chi connectivity index (χ4v) is 8.44. The lowest BCUT2D eigenvalue weighted by molar-refractivity contribution is -0.136. The number of carboxylic acid groups (broad SMARTS) is 1. The van der Waals surface area contributed by atoms with Crippen LogP contribution in [0.5, 0.6) is 0 Å². The van der Waals surface area contributed by atoms with Gasteiger partial charge in [0.1, 0.15) is 23.7 Å². The van der Waals surface area contributed by atoms with Gasteiger partial charge in [-0.2, -0.15) is 0 Å². The summed E-state index contributed by atoms with van der Waals surface area (Å²) in [5.74, 6) is 2.14. The maximum absolute atomic E-state index is 13.4. The number of carbonyl (C=O) groups is 4. The van der Waals surface area contributed by atoms with Crippen LogP contribution < -0.4 is 10.6 Å². The Labute approximate surface area is 309 Å². The van der Waals surface area contributed by atoms with Crippen LogP contribution in [0.25, 0.3) is 11.1 Å². The first kappa shape index (κ1) is 38.0. The van der Waals surface area contributed by atoms with Crippen LogP contribution in [0.4, 0.5) is 9.59 Å². The Balaban J connectivity index is 1.03. The number of alkyl carbamates (subject to hydrolysis) is 1. The molecule has 0 aromatic carbocycles. The fraction of sp³-hybridized carbons (Fsp3) is 0.622. The molecule has 0 saturated carbocycles. The van der Waals surface area contributed by atoms with Gasteiger partial charge in [-0.25, -0.2) is 19.6 Å². The first-order valence-corrected chi connectivity index (χ1v) is 18.6. The number of rotatable bonds is 13. The van der Waals surface area contributed by atoms with Gasteiger partial charge in [0.05, 0.1) is 43.8 Å². The molecule has 288 valence electrons. The zero-order chi connectivity index (χ0) is 37.5. The Morgan fingerprint density at radius 2 is 1.25 bits per heavy atom. The van der Waals surface area contributed by atoms with Crippen molar-refractivity contribution in [2.45, 2.75) is 88.4 Å². The van der Waals surface area contributed by atoms with Gasteiger partial charge in [0.25, 0.3) is 0 Å². The van der Waals surface area contributed by atoms with Gasteiger partial charge in [-0.15, -0.1) is 0 Å². The number of methoxy groups -OCH3 is 3. The van der Waals surface area contributed by atoms with Crippen LogP contribution >= 0.6 is 0 Å². The Bertz CT molecular complexity index is 1690. The first-order chi connectivity index (χ1) is 25.7. The molecule has 0 radical (unpaired) electrons. The maximum Gasteiger partial charge on any atom is 0.407 e. The number of H-pyrrole nitrogens is 2. The number of amides is 4. The standard InChI is InChI=1S/C37H52N8O8/c1-51-20-28(42-36(48)49)34(46)44-16-4-6-30(44)32-38-18-26(40-32)24-12-8-22(9-13-24)23-10-14-25(15-11-23)27-19-39-33(41-27)31-7-5-17-45(31)35(47)29(21-52-2)43-37(50)53-3/h12,14,18-19,22-23,28-31,42H,4-11,13,15-17,20-21H2,1-3H3,(H,38,40)(H,39,41)(H,43,50)(H,48,49)/t22?,23?,28-,29-,30-,31-/m0/s1. The summed E-state index contributed by atoms with van der Waals surface area (Å²) in [5.41, 5.74) is 4.28. The Hall–Kier alpha value is -4.70. The topological polar surface area (TPSA) is 204 Å². The molecule has 0 bridgehead atoms. The molecule has 2 aliphatic carbocycles. The van der Waals surface area contributed by atoms with E-state index >= 15 is 0 Å². The highest BCUT2D eigenvalue weighted by Gasteiger charge is 2.38. The molecule has 2 aromatic rings. The fourth-order valence-electron chi connectivity index (χ4n) is 8.44. The molecule has 6 rings (SSSR count). The summed E-state index contributed by atoms with van der Waals surface area (Å²) in [6, 6.07) is -2.24. The van der Waals surface area contributed by atoms with Crippen molar-refractivity contribution in [1.82, 2.24) is 40.4 Å². The molecular formula is C37H52N8O8. The number of hydrogen-bond acceptors (Lipinski definition) is 9. The third kappa shape index (κ3) is 8.75. The van der Waals surface area contributed by atoms with Crippen molar-refractivity contribution >= 4 is 35.1 Å². The summed E-state index contributed by atoms with van der Waals surface area (Å²) >= 11 is 0. The van der Waals surface area contributed by atoms with Crippen molar-refractivity contribution in [1.29, 1.82) is 0 Å². The van der Waals surface area contributed by atoms with Crippen LogP contribution in [0.1, 0.15) is 99.3 Å². The van der Waals surface area contributed by atoms with Crippen LogP contribution in [0.15, 0.2) is 24.5 Å². The number of carbonyl (C=O) groups excluding carboxylic acids is 3. The highest BCUT2D eigenvalue weighted by atomic mass is 16.5. The van der Waals surface area contributed by atoms with Crippen LogP contribution in [0, 0.1) is 11.8 Å². The van der Waals surface area contributed by atoms with E-state index in [-0.39, 0.29) is 37.1 Å². The number of hydrogen-bond donors (Lipinski definition) is 5. The molecule has 2 fully saturated rings. The van der Waals surface area contributed by atoms with Crippen molar-refractivity contribution < 1.29 is 38.5 Å². The van der Waals surface area contributed by atoms with Gasteiger partial charge in [0.15, 0.2) is 0 Å². The average molecular weight is 737 g/mol. The SMILES string of the molecule is COC[C@H](NC(=O)O)C(=O)N1CCC[C@H]1c1nc(C2=CCC(C3CC=C(c4c[nH]c([C@@H]5CCCN5C(=O)[C@H](COC)NC(=O)OC)n4)CC3)CC2)c[nH]1. The van der Waals surface area contributed by atoms with Crippen LogP contribution in [-0.2, 0) is 23.8 Å². The van der Waals surface area contributed by atoms with E-state index in [1.165, 1.54) is 32.5 Å². The lowest BCUT2D eigenvalue weighted by atomic mass is 9.74. The minimum absolute atomic E-state index is 0.0350. The van der Waals surface area contributed by atoms with E-state index in [2.05, 4.69) is 32.8 Å². The second kappa shape index (κ2) is 17.4. The summed E-state index contributed by atoms with van der Waals surface area (Å²) < 4.78 is 15.0. The summed E-state index contributed by atoms with van der Waals surface area (Å²) in [4.78, 5) is 69.7. The van der Waals surface area contributed by atoms with Crippen molar-refractivity contribution in [3.8, 4) is 0 Å². The molecule has 2 aliphatic heterocycles. The number of aromatic amines is 2. The van der Waals surface area contributed by atoms with E-state index in [9.17, 15) is 24.3 Å². The number of allylic oxidation sites excluding steroid dienone is 4. The van der Waals surface area contributed by atoms with Crippen LogP contribution in [0.3, 0.4) is 0 Å². The molecule has 0 spiro atoms. The van der Waals surface area contributed by atoms with Crippen molar-refractivity contribution in [2.24, 2.45) is 11.8 Å². The number of aromatic nitrogens is 4. The molecule has 2 saturated heterocycles. The van der Waals surface area contributed by atoms with E-state index in [1.54, 1.807) is 9.80 Å². The van der Waals surface area contributed by atoms with Crippen molar-refractivity contribution in [2.75, 3.05) is 47.6 Å². The monoisotopic (exact) mass is 736 g/mol. The van der Waals surface area contributed by atoms with Gasteiger partial charge >= 0.3 is 12.2 Å². The molecule has 16 heteroatoms. The summed E-state index contributed by atoms with van der Waals surface area (Å²) in [5, 5.41) is 14.1. The minimum Gasteiger partial charge on any atom is -0.465 e. The number of nitrogens with zero attached hydrogens (tertiary/aromatic N) is 4. The molecular weight excluding hydrogens is 684 g/mol. The van der Waals surface area contributed by atoms with Crippen LogP contribution in [-0.4, -0.2) is 119 Å². The number of likely N-dealkylation sites (tertiary alicyclic amines) is 2. The normalized spacial score (nSPS) is 24.3. The first-order valence-electron chi connectivity index (χ1n) is 18.6. The molecule has 4 amide bonds. The minimum atomic E-state index is -1.26. The quantitative estimate of drug-likeness (QED) is 0.199. The second-order valence-electron chi connectivity index (χ2n) is 14.4. The largest absolute Gasteiger partial charge is 0.465 e. The third-order valence-corrected chi connectivity index (χ3v) is 11.2. The molecule has 5 N–H and O–H groups in total. The highest BCUT2D eigenvalue weighted by molar-refractivity contribution is 5.87. The molecule has 4 aliphatic rings. The van der Waals surface area contributed by atoms with Gasteiger partial charge in [0, 0.05) is 39.7 Å². The summed E-state index contributed by atoms with van der Waals surface area (Å²) in [6.07, 6.45) is 15.8. The lowest BCUT2D eigenvalue weighted by Crippen LogP contribution is -2.50. The molecule has 16 nitrogen and oxygen atoms in total. The smallest absolute Gasteiger partial charge is 0.407 e. The van der Waals surface area contributed by atoms with E-state index in [0.29, 0.717) is 24.9 Å². The third-order valence-electron chi connectivity index (χ3n) is 11.2. The Kier molecular flexibility index (Phi) is 12.5. The number of ether oxygens (including phenoxy) is 3. The van der Waals surface area contributed by atoms with E-state index in [4.69, 9.17) is 24.2 Å². The molecule has 6 atom stereocenters. The zero-order valence-corrected chi connectivity index (χ0v) is 30.8. The summed E-state index contributed by atoms with van der Waals surface area (Å²) in [6.45, 7) is 1.13. The predicted octanol–water partition coefficient (Wildman–Crippen LogP) is 4.18. The highest BCUT2D eigenvalue weighted by Crippen LogP contribution is 2.42. The molecule has 2 aromatic heterocycles. The van der Waals surface area contributed by atoms with E-state index < -0.39 is 24.3 Å². The Morgan fingerprint density at radius 1 is 0.774 bits per heavy atom. The number of imidazole rings is 2. The van der Waals surface area contributed by atoms with Crippen LogP contribution in [0.2, 0.25) is 0 Å². The predicted molar refractivity (Wildman–Crippen MR) is 193 cm³/mol. The lowest BCUT2D eigenvalue weighted by Gasteiger charge is -2.31.